The van der Waals surface area contributed by atoms with Crippen molar-refractivity contribution in [1.82, 2.24) is 0 Å². The molecule has 0 saturated carbocycles. The summed E-state index contributed by atoms with van der Waals surface area (Å²) in [5.41, 5.74) is 0. The Morgan fingerprint density at radius 2 is 1.00 bits per heavy atom. The van der Waals surface area contributed by atoms with E-state index in [0.29, 0.717) is 6.42 Å². The van der Waals surface area contributed by atoms with Crippen molar-refractivity contribution in [1.29, 1.82) is 0 Å². The van der Waals surface area contributed by atoms with Gasteiger partial charge in [-0.15, -0.1) is 0 Å². The third kappa shape index (κ3) is 23.8. The van der Waals surface area contributed by atoms with Crippen molar-refractivity contribution in [3.05, 3.63) is 0 Å². The van der Waals surface area contributed by atoms with E-state index in [-0.39, 0.29) is 58.0 Å². The van der Waals surface area contributed by atoms with E-state index in [1.165, 1.54) is 70.6 Å². The van der Waals surface area contributed by atoms with Gasteiger partial charge in [-0.3, -0.25) is 4.18 Å². The van der Waals surface area contributed by atoms with Gasteiger partial charge in [-0.1, -0.05) is 90.4 Å². The first kappa shape index (κ1) is 25.7. The van der Waals surface area contributed by atoms with Crippen molar-refractivity contribution >= 4 is 10.4 Å². The zero-order chi connectivity index (χ0) is 15.8. The number of hydrogen-bond acceptors (Lipinski definition) is 4. The Labute approximate surface area is 180 Å². The Hall–Kier alpha value is 1.51. The Bertz CT molecular complexity index is 307. The second-order valence-electron chi connectivity index (χ2n) is 5.83. The van der Waals surface area contributed by atoms with Crippen LogP contribution in [0.25, 0.3) is 0 Å². The van der Waals surface area contributed by atoms with Gasteiger partial charge in [0.2, 0.25) is 10.4 Å². The minimum Gasteiger partial charge on any atom is -0.726 e. The molecule has 0 rings (SSSR count). The van der Waals surface area contributed by atoms with Gasteiger partial charge in [-0.25, -0.2) is 8.42 Å². The SMILES string of the molecule is CCCCCCCCCCCCCCCCOS(=O)(=O)[O-].[K+]. The van der Waals surface area contributed by atoms with Crippen molar-refractivity contribution < 1.29 is 68.5 Å². The fourth-order valence-electron chi connectivity index (χ4n) is 2.46. The van der Waals surface area contributed by atoms with Gasteiger partial charge in [-0.05, 0) is 6.42 Å². The summed E-state index contributed by atoms with van der Waals surface area (Å²) < 4.78 is 34.7. The van der Waals surface area contributed by atoms with Crippen LogP contribution in [0.15, 0.2) is 0 Å². The minimum atomic E-state index is -4.49. The molecule has 0 amide bonds. The first-order valence-corrected chi connectivity index (χ1v) is 10.00. The van der Waals surface area contributed by atoms with E-state index in [1.807, 2.05) is 0 Å². The van der Waals surface area contributed by atoms with Gasteiger partial charge >= 0.3 is 51.4 Å². The van der Waals surface area contributed by atoms with Crippen molar-refractivity contribution in [3.63, 3.8) is 0 Å². The topological polar surface area (TPSA) is 66.4 Å². The molecule has 0 radical (unpaired) electrons. The van der Waals surface area contributed by atoms with Crippen molar-refractivity contribution in [2.75, 3.05) is 6.61 Å². The second kappa shape index (κ2) is 18.8. The smallest absolute Gasteiger partial charge is 0.726 e. The van der Waals surface area contributed by atoms with Crippen molar-refractivity contribution in [2.24, 2.45) is 0 Å². The van der Waals surface area contributed by atoms with Crippen LogP contribution in [0.4, 0.5) is 0 Å². The predicted octanol–water partition coefficient (Wildman–Crippen LogP) is 1.95. The molecule has 0 heterocycles. The number of rotatable bonds is 16. The summed E-state index contributed by atoms with van der Waals surface area (Å²) in [6.07, 6.45) is 17.4. The summed E-state index contributed by atoms with van der Waals surface area (Å²) >= 11 is 0. The van der Waals surface area contributed by atoms with Gasteiger partial charge < -0.3 is 4.55 Å². The largest absolute Gasteiger partial charge is 1.00 e. The van der Waals surface area contributed by atoms with E-state index < -0.39 is 10.4 Å². The molecule has 0 aliphatic heterocycles. The normalized spacial score (nSPS) is 11.4. The van der Waals surface area contributed by atoms with E-state index >= 15 is 0 Å². The molecule has 0 aromatic carbocycles. The number of unbranched alkanes of at least 4 members (excludes halogenated alkanes) is 13. The Kier molecular flexibility index (Phi) is 22.0. The van der Waals surface area contributed by atoms with E-state index in [4.69, 9.17) is 0 Å². The van der Waals surface area contributed by atoms with Crippen LogP contribution in [-0.2, 0) is 14.6 Å². The van der Waals surface area contributed by atoms with Crippen LogP contribution in [0, 0.1) is 0 Å². The van der Waals surface area contributed by atoms with Gasteiger partial charge in [0.05, 0.1) is 6.61 Å². The zero-order valence-corrected chi connectivity index (χ0v) is 18.6. The standard InChI is InChI=1S/C16H34O4S.K/c1-2-3-4-5-6-7-8-9-10-11-12-13-14-15-16-20-21(17,18)19;/h2-16H2,1H3,(H,17,18,19);/q;+1/p-1. The molecule has 0 bridgehead atoms. The molecule has 22 heavy (non-hydrogen) atoms. The average molecular weight is 361 g/mol. The van der Waals surface area contributed by atoms with Crippen LogP contribution in [0.5, 0.6) is 0 Å². The molecule has 0 saturated heterocycles. The fraction of sp³-hybridized carbons (Fsp3) is 1.00. The first-order valence-electron chi connectivity index (χ1n) is 8.66. The monoisotopic (exact) mass is 360 g/mol. The molecule has 0 atom stereocenters. The van der Waals surface area contributed by atoms with E-state index in [9.17, 15) is 13.0 Å². The third-order valence-corrected chi connectivity index (χ3v) is 4.18. The van der Waals surface area contributed by atoms with Crippen LogP contribution in [0.3, 0.4) is 0 Å². The van der Waals surface area contributed by atoms with Crippen LogP contribution < -0.4 is 51.4 Å². The predicted molar refractivity (Wildman–Crippen MR) is 86.0 cm³/mol. The molecule has 0 N–H and O–H groups in total. The summed E-state index contributed by atoms with van der Waals surface area (Å²) in [6, 6.07) is 0. The first-order chi connectivity index (χ1) is 10.1. The van der Waals surface area contributed by atoms with Crippen molar-refractivity contribution in [2.45, 2.75) is 96.8 Å². The molecule has 0 fully saturated rings. The average Bonchev–Trinajstić information content (AvgIpc) is 2.42. The second-order valence-corrected chi connectivity index (χ2v) is 6.88. The summed E-state index contributed by atoms with van der Waals surface area (Å²) in [6.45, 7) is 2.28. The quantitative estimate of drug-likeness (QED) is 0.183. The molecule has 0 aliphatic rings. The molecule has 4 nitrogen and oxygen atoms in total. The molecule has 128 valence electrons. The summed E-state index contributed by atoms with van der Waals surface area (Å²) in [5.74, 6) is 0. The van der Waals surface area contributed by atoms with E-state index in [1.54, 1.807) is 0 Å². The summed E-state index contributed by atoms with van der Waals surface area (Å²) in [7, 11) is -4.49. The molecule has 0 unspecified atom stereocenters. The number of hydrogen-bond donors (Lipinski definition) is 0. The van der Waals surface area contributed by atoms with Gasteiger partial charge in [0.1, 0.15) is 0 Å². The molecule has 0 aromatic rings. The van der Waals surface area contributed by atoms with Crippen molar-refractivity contribution in [3.8, 4) is 0 Å². The summed E-state index contributed by atoms with van der Waals surface area (Å²) in [5, 5.41) is 0. The van der Waals surface area contributed by atoms with E-state index in [0.717, 1.165) is 12.8 Å². The van der Waals surface area contributed by atoms with Gasteiger partial charge in [0.25, 0.3) is 0 Å². The maximum Gasteiger partial charge on any atom is 1.00 e. The van der Waals surface area contributed by atoms with E-state index in [2.05, 4.69) is 11.1 Å². The van der Waals surface area contributed by atoms with Gasteiger partial charge in [-0.2, -0.15) is 0 Å². The maximum absolute atomic E-state index is 10.2. The maximum atomic E-state index is 10.2. The summed E-state index contributed by atoms with van der Waals surface area (Å²) in [4.78, 5) is 0. The Morgan fingerprint density at radius 3 is 1.32 bits per heavy atom. The van der Waals surface area contributed by atoms with Crippen LogP contribution in [0.1, 0.15) is 96.8 Å². The molecular formula is C16H33KO4S. The van der Waals surface area contributed by atoms with Gasteiger partial charge in [0, 0.05) is 0 Å². The third-order valence-electron chi connectivity index (χ3n) is 3.73. The molecule has 0 spiro atoms. The molecule has 0 aliphatic carbocycles. The molecule has 0 aromatic heterocycles. The Morgan fingerprint density at radius 1 is 0.682 bits per heavy atom. The van der Waals surface area contributed by atoms with Crippen LogP contribution in [0.2, 0.25) is 0 Å². The fourth-order valence-corrected chi connectivity index (χ4v) is 2.78. The van der Waals surface area contributed by atoms with Crippen LogP contribution >= 0.6 is 0 Å². The van der Waals surface area contributed by atoms with Crippen LogP contribution in [-0.4, -0.2) is 19.6 Å². The molecular weight excluding hydrogens is 327 g/mol. The zero-order valence-electron chi connectivity index (χ0n) is 14.6. The Balaban J connectivity index is 0. The molecule has 6 heteroatoms. The minimum absolute atomic E-state index is 0. The van der Waals surface area contributed by atoms with Gasteiger partial charge in [0.15, 0.2) is 0 Å².